The van der Waals surface area contributed by atoms with Gasteiger partial charge in [0.2, 0.25) is 5.88 Å². The molecule has 0 amide bonds. The number of nitrogens with zero attached hydrogens (tertiary/aromatic N) is 1. The second-order valence-corrected chi connectivity index (χ2v) is 4.47. The lowest BCUT2D eigenvalue weighted by Gasteiger charge is -2.20. The number of ether oxygens (including phenoxy) is 2. The molecule has 0 saturated carbocycles. The average Bonchev–Trinajstić information content (AvgIpc) is 2.80. The van der Waals surface area contributed by atoms with Gasteiger partial charge in [-0.15, -0.1) is 0 Å². The molecule has 0 unspecified atom stereocenters. The number of aromatic nitrogens is 1. The van der Waals surface area contributed by atoms with Crippen LogP contribution in [0.15, 0.2) is 21.3 Å². The molecule has 7 heteroatoms. The summed E-state index contributed by atoms with van der Waals surface area (Å²) in [6.45, 7) is 0.809. The number of nitrogens with two attached hydrogens (primary N) is 1. The Morgan fingerprint density at radius 1 is 1.28 bits per heavy atom. The van der Waals surface area contributed by atoms with Crippen LogP contribution in [-0.4, -0.2) is 18.4 Å². The SMILES string of the molecule is Nc1oncc1-c1cc2c(c(Br)c1F)OCCO2. The Morgan fingerprint density at radius 2 is 2.06 bits per heavy atom. The first-order valence-corrected chi connectivity index (χ1v) is 5.96. The van der Waals surface area contributed by atoms with Crippen molar-refractivity contribution < 1.29 is 18.4 Å². The van der Waals surface area contributed by atoms with E-state index in [1.54, 1.807) is 0 Å². The predicted molar refractivity (Wildman–Crippen MR) is 65.0 cm³/mol. The molecule has 1 aliphatic heterocycles. The van der Waals surface area contributed by atoms with E-state index >= 15 is 0 Å². The fraction of sp³-hybridized carbons (Fsp3) is 0.182. The number of rotatable bonds is 1. The summed E-state index contributed by atoms with van der Waals surface area (Å²) >= 11 is 3.16. The molecule has 0 atom stereocenters. The predicted octanol–water partition coefficient (Wildman–Crippen LogP) is 2.60. The van der Waals surface area contributed by atoms with Crippen LogP contribution < -0.4 is 15.2 Å². The van der Waals surface area contributed by atoms with E-state index in [9.17, 15) is 4.39 Å². The first-order chi connectivity index (χ1) is 8.68. The fourth-order valence-corrected chi connectivity index (χ4v) is 2.29. The highest BCUT2D eigenvalue weighted by atomic mass is 79.9. The third kappa shape index (κ3) is 1.62. The van der Waals surface area contributed by atoms with Gasteiger partial charge in [-0.05, 0) is 22.0 Å². The van der Waals surface area contributed by atoms with Crippen LogP contribution in [0, 0.1) is 5.82 Å². The van der Waals surface area contributed by atoms with Crippen LogP contribution in [0.3, 0.4) is 0 Å². The van der Waals surface area contributed by atoms with Crippen molar-refractivity contribution in [1.82, 2.24) is 5.16 Å². The number of nitrogen functional groups attached to an aromatic ring is 1. The molecule has 1 aromatic carbocycles. The van der Waals surface area contributed by atoms with Crippen LogP contribution in [-0.2, 0) is 0 Å². The number of fused-ring (bicyclic) bond motifs is 1. The molecule has 2 heterocycles. The number of benzene rings is 1. The Bertz CT molecular complexity index is 615. The maximum absolute atomic E-state index is 14.2. The molecule has 1 aromatic heterocycles. The molecule has 0 bridgehead atoms. The molecule has 2 aromatic rings. The van der Waals surface area contributed by atoms with Gasteiger partial charge in [0.05, 0.1) is 16.2 Å². The van der Waals surface area contributed by atoms with Crippen LogP contribution in [0.2, 0.25) is 0 Å². The van der Waals surface area contributed by atoms with Crippen LogP contribution in [0.4, 0.5) is 10.3 Å². The minimum absolute atomic E-state index is 0.0532. The Kier molecular flexibility index (Phi) is 2.62. The van der Waals surface area contributed by atoms with Crippen molar-refractivity contribution in [1.29, 1.82) is 0 Å². The molecule has 2 N–H and O–H groups in total. The fourth-order valence-electron chi connectivity index (χ4n) is 1.77. The monoisotopic (exact) mass is 314 g/mol. The Labute approximate surface area is 110 Å². The van der Waals surface area contributed by atoms with Crippen molar-refractivity contribution in [3.05, 3.63) is 22.6 Å². The van der Waals surface area contributed by atoms with E-state index in [0.717, 1.165) is 0 Å². The second-order valence-electron chi connectivity index (χ2n) is 3.68. The Morgan fingerprint density at radius 3 is 2.78 bits per heavy atom. The normalized spacial score (nSPS) is 13.7. The van der Waals surface area contributed by atoms with Crippen LogP contribution >= 0.6 is 15.9 Å². The van der Waals surface area contributed by atoms with Crippen LogP contribution in [0.1, 0.15) is 0 Å². The standard InChI is InChI=1S/C11H8BrFN2O3/c12-8-9(13)5(6-4-15-18-11(6)14)3-7-10(8)17-2-1-16-7/h3-4H,1-2,14H2. The highest BCUT2D eigenvalue weighted by Gasteiger charge is 2.24. The molecule has 94 valence electrons. The quantitative estimate of drug-likeness (QED) is 0.876. The van der Waals surface area contributed by atoms with Crippen LogP contribution in [0.25, 0.3) is 11.1 Å². The first-order valence-electron chi connectivity index (χ1n) is 5.16. The molecule has 3 rings (SSSR count). The summed E-state index contributed by atoms with van der Waals surface area (Å²) in [6.07, 6.45) is 1.36. The molecule has 0 aliphatic carbocycles. The van der Waals surface area contributed by atoms with Crippen molar-refractivity contribution >= 4 is 21.8 Å². The number of anilines is 1. The molecule has 0 saturated heterocycles. The minimum atomic E-state index is -0.492. The van der Waals surface area contributed by atoms with E-state index in [0.29, 0.717) is 30.3 Å². The maximum Gasteiger partial charge on any atom is 0.230 e. The van der Waals surface area contributed by atoms with Gasteiger partial charge in [-0.2, -0.15) is 0 Å². The molecule has 0 radical (unpaired) electrons. The van der Waals surface area contributed by atoms with E-state index in [1.165, 1.54) is 12.3 Å². The van der Waals surface area contributed by atoms with Crippen molar-refractivity contribution in [3.8, 4) is 22.6 Å². The molecule has 0 spiro atoms. The van der Waals surface area contributed by atoms with Gasteiger partial charge in [-0.1, -0.05) is 5.16 Å². The topological polar surface area (TPSA) is 70.5 Å². The van der Waals surface area contributed by atoms with Gasteiger partial charge in [0, 0.05) is 5.56 Å². The van der Waals surface area contributed by atoms with Gasteiger partial charge in [0.1, 0.15) is 19.0 Å². The largest absolute Gasteiger partial charge is 0.486 e. The third-order valence-corrected chi connectivity index (χ3v) is 3.31. The minimum Gasteiger partial charge on any atom is -0.486 e. The molecule has 18 heavy (non-hydrogen) atoms. The highest BCUT2D eigenvalue weighted by Crippen LogP contribution is 2.44. The average molecular weight is 315 g/mol. The third-order valence-electron chi connectivity index (χ3n) is 2.60. The maximum atomic E-state index is 14.2. The van der Waals surface area contributed by atoms with Gasteiger partial charge in [-0.25, -0.2) is 4.39 Å². The van der Waals surface area contributed by atoms with E-state index in [1.807, 2.05) is 0 Å². The molecule has 0 fully saturated rings. The summed E-state index contributed by atoms with van der Waals surface area (Å²) in [5.74, 6) is 0.384. The lowest BCUT2D eigenvalue weighted by Crippen LogP contribution is -2.16. The van der Waals surface area contributed by atoms with Crippen molar-refractivity contribution in [2.45, 2.75) is 0 Å². The summed E-state index contributed by atoms with van der Waals surface area (Å²) in [6, 6.07) is 1.53. The number of hydrogen-bond acceptors (Lipinski definition) is 5. The van der Waals surface area contributed by atoms with Crippen LogP contribution in [0.5, 0.6) is 11.5 Å². The lowest BCUT2D eigenvalue weighted by atomic mass is 10.1. The van der Waals surface area contributed by atoms with Gasteiger partial charge < -0.3 is 19.7 Å². The highest BCUT2D eigenvalue weighted by molar-refractivity contribution is 9.10. The van der Waals surface area contributed by atoms with Gasteiger partial charge in [0.25, 0.3) is 0 Å². The van der Waals surface area contributed by atoms with E-state index in [-0.39, 0.29) is 15.9 Å². The van der Waals surface area contributed by atoms with Crippen molar-refractivity contribution in [2.75, 3.05) is 18.9 Å². The first kappa shape index (κ1) is 11.3. The second kappa shape index (κ2) is 4.16. The van der Waals surface area contributed by atoms with E-state index in [4.69, 9.17) is 19.7 Å². The summed E-state index contributed by atoms with van der Waals surface area (Å²) in [4.78, 5) is 0. The smallest absolute Gasteiger partial charge is 0.230 e. The Hall–Kier alpha value is -1.76. The van der Waals surface area contributed by atoms with Gasteiger partial charge >= 0.3 is 0 Å². The summed E-state index contributed by atoms with van der Waals surface area (Å²) in [5.41, 5.74) is 6.22. The van der Waals surface area contributed by atoms with E-state index in [2.05, 4.69) is 21.1 Å². The molecule has 5 nitrogen and oxygen atoms in total. The summed E-state index contributed by atoms with van der Waals surface area (Å²) in [5, 5.41) is 3.53. The number of halogens is 2. The van der Waals surface area contributed by atoms with Gasteiger partial charge in [-0.3, -0.25) is 0 Å². The van der Waals surface area contributed by atoms with E-state index < -0.39 is 5.82 Å². The Balaban J connectivity index is 2.22. The van der Waals surface area contributed by atoms with Crippen molar-refractivity contribution in [3.63, 3.8) is 0 Å². The zero-order valence-corrected chi connectivity index (χ0v) is 10.7. The molecular weight excluding hydrogens is 307 g/mol. The van der Waals surface area contributed by atoms with Crippen molar-refractivity contribution in [2.24, 2.45) is 0 Å². The number of hydrogen-bond donors (Lipinski definition) is 1. The molecular formula is C11H8BrFN2O3. The van der Waals surface area contributed by atoms with Gasteiger partial charge in [0.15, 0.2) is 11.5 Å². The summed E-state index contributed by atoms with van der Waals surface area (Å²) < 4.78 is 29.9. The zero-order valence-electron chi connectivity index (χ0n) is 9.07. The summed E-state index contributed by atoms with van der Waals surface area (Å²) in [7, 11) is 0. The molecule has 1 aliphatic rings. The lowest BCUT2D eigenvalue weighted by molar-refractivity contribution is 0.169. The zero-order chi connectivity index (χ0) is 12.7.